The Morgan fingerprint density at radius 3 is 2.19 bits per heavy atom. The molecule has 2 aromatic carbocycles. The zero-order chi connectivity index (χ0) is 15.4. The average molecular weight is 304 g/mol. The van der Waals surface area contributed by atoms with E-state index in [0.29, 0.717) is 11.7 Å². The molecule has 2 atom stereocenters. The number of phenols is 1. The summed E-state index contributed by atoms with van der Waals surface area (Å²) in [6.07, 6.45) is 0. The van der Waals surface area contributed by atoms with Crippen LogP contribution in [0.25, 0.3) is 0 Å². The van der Waals surface area contributed by atoms with Crippen LogP contribution in [0.3, 0.4) is 0 Å². The van der Waals surface area contributed by atoms with Crippen LogP contribution < -0.4 is 5.32 Å². The Labute approximate surface area is 131 Å². The first kappa shape index (κ1) is 15.9. The molecule has 2 N–H and O–H groups in total. The first-order valence-corrected chi connectivity index (χ1v) is 7.65. The normalized spacial score (nSPS) is 14.1. The highest BCUT2D eigenvalue weighted by Crippen LogP contribution is 2.27. The zero-order valence-electron chi connectivity index (χ0n) is 12.7. The van der Waals surface area contributed by atoms with Crippen molar-refractivity contribution < 1.29 is 5.11 Å². The quantitative estimate of drug-likeness (QED) is 0.806. The second kappa shape index (κ2) is 6.97. The molecule has 2 nitrogen and oxygen atoms in total. The Hall–Kier alpha value is -1.51. The molecule has 0 aliphatic carbocycles. The number of halogens is 1. The van der Waals surface area contributed by atoms with E-state index in [-0.39, 0.29) is 12.1 Å². The molecule has 21 heavy (non-hydrogen) atoms. The minimum Gasteiger partial charge on any atom is -0.508 e. The van der Waals surface area contributed by atoms with Crippen LogP contribution in [0.5, 0.6) is 5.75 Å². The molecular weight excluding hydrogens is 282 g/mol. The van der Waals surface area contributed by atoms with E-state index >= 15 is 0 Å². The van der Waals surface area contributed by atoms with E-state index in [0.717, 1.165) is 10.6 Å². The Morgan fingerprint density at radius 2 is 1.62 bits per heavy atom. The summed E-state index contributed by atoms with van der Waals surface area (Å²) in [5.41, 5.74) is 2.30. The van der Waals surface area contributed by atoms with Gasteiger partial charge < -0.3 is 10.4 Å². The average Bonchev–Trinajstić information content (AvgIpc) is 2.45. The lowest BCUT2D eigenvalue weighted by Gasteiger charge is -2.27. The van der Waals surface area contributed by atoms with Gasteiger partial charge in [0.1, 0.15) is 5.75 Å². The van der Waals surface area contributed by atoms with Crippen LogP contribution in [0.2, 0.25) is 5.02 Å². The lowest BCUT2D eigenvalue weighted by atomic mass is 9.94. The van der Waals surface area contributed by atoms with E-state index in [1.54, 1.807) is 12.1 Å². The van der Waals surface area contributed by atoms with Gasteiger partial charge in [-0.3, -0.25) is 0 Å². The van der Waals surface area contributed by atoms with Crippen LogP contribution in [-0.4, -0.2) is 5.11 Å². The van der Waals surface area contributed by atoms with Crippen molar-refractivity contribution in [2.24, 2.45) is 5.92 Å². The third-order valence-electron chi connectivity index (χ3n) is 3.70. The van der Waals surface area contributed by atoms with Crippen molar-refractivity contribution in [3.8, 4) is 5.75 Å². The van der Waals surface area contributed by atoms with Crippen molar-refractivity contribution in [2.45, 2.75) is 32.9 Å². The van der Waals surface area contributed by atoms with Gasteiger partial charge in [0, 0.05) is 17.1 Å². The maximum atomic E-state index is 9.61. The molecule has 0 amide bonds. The first-order valence-electron chi connectivity index (χ1n) is 7.28. The Kier molecular flexibility index (Phi) is 5.27. The van der Waals surface area contributed by atoms with Gasteiger partial charge in [0.05, 0.1) is 0 Å². The molecule has 0 fully saturated rings. The molecule has 112 valence electrons. The highest BCUT2D eigenvalue weighted by molar-refractivity contribution is 6.30. The summed E-state index contributed by atoms with van der Waals surface area (Å²) in [4.78, 5) is 0. The maximum absolute atomic E-state index is 9.61. The molecule has 0 aliphatic heterocycles. The van der Waals surface area contributed by atoms with Crippen molar-refractivity contribution in [3.05, 3.63) is 64.7 Å². The SMILES string of the molecule is CC(NC(c1ccc(Cl)cc1)C(C)C)c1cccc(O)c1. The molecule has 2 rings (SSSR count). The number of nitrogens with one attached hydrogen (secondary N) is 1. The smallest absolute Gasteiger partial charge is 0.115 e. The van der Waals surface area contributed by atoms with Crippen molar-refractivity contribution >= 4 is 11.6 Å². The van der Waals surface area contributed by atoms with Crippen molar-refractivity contribution in [1.82, 2.24) is 5.32 Å². The van der Waals surface area contributed by atoms with Gasteiger partial charge in [0.15, 0.2) is 0 Å². The topological polar surface area (TPSA) is 32.3 Å². The van der Waals surface area contributed by atoms with Crippen molar-refractivity contribution in [1.29, 1.82) is 0 Å². The van der Waals surface area contributed by atoms with Gasteiger partial charge in [0.2, 0.25) is 0 Å². The van der Waals surface area contributed by atoms with Crippen LogP contribution in [0.1, 0.15) is 44.0 Å². The van der Waals surface area contributed by atoms with Gasteiger partial charge >= 0.3 is 0 Å². The van der Waals surface area contributed by atoms with Crippen LogP contribution >= 0.6 is 11.6 Å². The summed E-state index contributed by atoms with van der Waals surface area (Å²) in [6, 6.07) is 15.8. The predicted octanol–water partition coefficient (Wildman–Crippen LogP) is 5.09. The number of hydrogen-bond donors (Lipinski definition) is 2. The minimum absolute atomic E-state index is 0.153. The highest BCUT2D eigenvalue weighted by Gasteiger charge is 2.18. The number of benzene rings is 2. The van der Waals surface area contributed by atoms with Crippen molar-refractivity contribution in [3.63, 3.8) is 0 Å². The Bertz CT molecular complexity index is 580. The summed E-state index contributed by atoms with van der Waals surface area (Å²) < 4.78 is 0. The molecule has 0 radical (unpaired) electrons. The Morgan fingerprint density at radius 1 is 0.952 bits per heavy atom. The fourth-order valence-electron chi connectivity index (χ4n) is 2.50. The number of hydrogen-bond acceptors (Lipinski definition) is 2. The van der Waals surface area contributed by atoms with Crippen LogP contribution in [-0.2, 0) is 0 Å². The molecule has 0 saturated heterocycles. The van der Waals surface area contributed by atoms with Crippen LogP contribution in [0.4, 0.5) is 0 Å². The first-order chi connectivity index (χ1) is 9.97. The van der Waals surface area contributed by atoms with Crippen molar-refractivity contribution in [2.75, 3.05) is 0 Å². The molecule has 2 aromatic rings. The van der Waals surface area contributed by atoms with E-state index < -0.39 is 0 Å². The highest BCUT2D eigenvalue weighted by atomic mass is 35.5. The maximum Gasteiger partial charge on any atom is 0.115 e. The monoisotopic (exact) mass is 303 g/mol. The largest absolute Gasteiger partial charge is 0.508 e. The standard InChI is InChI=1S/C18H22ClNO/c1-12(2)18(14-7-9-16(19)10-8-14)20-13(3)15-5-4-6-17(21)11-15/h4-13,18,20-21H,1-3H3. The summed E-state index contributed by atoms with van der Waals surface area (Å²) in [5.74, 6) is 0.750. The molecule has 0 bridgehead atoms. The van der Waals surface area contributed by atoms with Gasteiger partial charge in [-0.15, -0.1) is 0 Å². The summed E-state index contributed by atoms with van der Waals surface area (Å²) in [5, 5.41) is 14.0. The Balaban J connectivity index is 2.18. The number of phenolic OH excluding ortho intramolecular Hbond substituents is 1. The van der Waals surface area contributed by atoms with Crippen LogP contribution in [0.15, 0.2) is 48.5 Å². The minimum atomic E-state index is 0.153. The fraction of sp³-hybridized carbons (Fsp3) is 0.333. The molecule has 3 heteroatoms. The second-order valence-electron chi connectivity index (χ2n) is 5.76. The zero-order valence-corrected chi connectivity index (χ0v) is 13.4. The molecular formula is C18H22ClNO. The molecule has 0 aliphatic rings. The summed E-state index contributed by atoms with van der Waals surface area (Å²) in [7, 11) is 0. The molecule has 0 aromatic heterocycles. The van der Waals surface area contributed by atoms with E-state index in [1.165, 1.54) is 5.56 Å². The summed E-state index contributed by atoms with van der Waals surface area (Å²) in [6.45, 7) is 6.50. The van der Waals surface area contributed by atoms with Gasteiger partial charge in [0.25, 0.3) is 0 Å². The van der Waals surface area contributed by atoms with Gasteiger partial charge in [-0.1, -0.05) is 49.7 Å². The van der Waals surface area contributed by atoms with Gasteiger partial charge in [-0.2, -0.15) is 0 Å². The molecule has 2 unspecified atom stereocenters. The fourth-order valence-corrected chi connectivity index (χ4v) is 2.63. The second-order valence-corrected chi connectivity index (χ2v) is 6.19. The van der Waals surface area contributed by atoms with E-state index in [4.69, 9.17) is 11.6 Å². The number of rotatable bonds is 5. The third-order valence-corrected chi connectivity index (χ3v) is 3.95. The van der Waals surface area contributed by atoms with E-state index in [9.17, 15) is 5.11 Å². The third kappa shape index (κ3) is 4.23. The summed E-state index contributed by atoms with van der Waals surface area (Å²) >= 11 is 5.97. The molecule has 0 heterocycles. The molecule has 0 saturated carbocycles. The lowest BCUT2D eigenvalue weighted by molar-refractivity contribution is 0.373. The van der Waals surface area contributed by atoms with E-state index in [1.807, 2.05) is 24.3 Å². The number of aromatic hydroxyl groups is 1. The van der Waals surface area contributed by atoms with E-state index in [2.05, 4.69) is 38.2 Å². The molecule has 0 spiro atoms. The van der Waals surface area contributed by atoms with Gasteiger partial charge in [-0.05, 0) is 48.2 Å². The lowest BCUT2D eigenvalue weighted by Crippen LogP contribution is -2.28. The predicted molar refractivity (Wildman–Crippen MR) is 88.7 cm³/mol. The van der Waals surface area contributed by atoms with Crippen LogP contribution in [0, 0.1) is 5.92 Å². The van der Waals surface area contributed by atoms with Gasteiger partial charge in [-0.25, -0.2) is 0 Å².